The molecule has 1 heterocycles. The average molecular weight is 527 g/mol. The Balaban J connectivity index is 2.04. The second-order valence-corrected chi connectivity index (χ2v) is 9.34. The quantitative estimate of drug-likeness (QED) is 0.0468. The van der Waals surface area contributed by atoms with Crippen LogP contribution >= 0.6 is 24.4 Å². The molecule has 1 fully saturated rings. The highest BCUT2D eigenvalue weighted by atomic mass is 32.2. The molecule has 0 aromatic heterocycles. The van der Waals surface area contributed by atoms with Crippen molar-refractivity contribution in [2.75, 3.05) is 37.8 Å². The zero-order valence-electron chi connectivity index (χ0n) is 19.3. The molecule has 6 amide bonds. The number of rotatable bonds is 17. The molecule has 1 aliphatic heterocycles. The lowest BCUT2D eigenvalue weighted by molar-refractivity contribution is -0.138. The van der Waals surface area contributed by atoms with E-state index in [0.717, 1.165) is 29.9 Å². The van der Waals surface area contributed by atoms with Gasteiger partial charge in [0.25, 0.3) is 0 Å². The fourth-order valence-electron chi connectivity index (χ4n) is 2.81. The monoisotopic (exact) mass is 527 g/mol. The number of nitrogens with zero attached hydrogens (tertiary/aromatic N) is 1. The van der Waals surface area contributed by atoms with Crippen molar-refractivity contribution in [2.45, 2.75) is 43.8 Å². The predicted octanol–water partition coefficient (Wildman–Crippen LogP) is -2.16. The van der Waals surface area contributed by atoms with Crippen molar-refractivity contribution in [1.82, 2.24) is 26.2 Å². The summed E-state index contributed by atoms with van der Waals surface area (Å²) in [6.45, 7) is -1.10. The number of carbonyl (C=O) groups excluding carboxylic acids is 7. The SMILES string of the molecule is [B]C(=O)CCCCCSCNC(=O)CNC(=O)CNC(=O)CNC(=O)CCN1C(=O)CC(S)C1=O. The molecule has 0 aromatic rings. The highest BCUT2D eigenvalue weighted by Gasteiger charge is 2.36. The minimum Gasteiger partial charge on any atom is -0.347 e. The van der Waals surface area contributed by atoms with Crippen LogP contribution in [0.3, 0.4) is 0 Å². The first-order valence-corrected chi connectivity index (χ1v) is 12.7. The van der Waals surface area contributed by atoms with Gasteiger partial charge in [0.05, 0.1) is 36.4 Å². The number of unbranched alkanes of at least 4 members (excludes halogenated alkanes) is 2. The lowest BCUT2D eigenvalue weighted by atomic mass is 9.97. The highest BCUT2D eigenvalue weighted by Crippen LogP contribution is 2.17. The lowest BCUT2D eigenvalue weighted by Gasteiger charge is -2.13. The van der Waals surface area contributed by atoms with Gasteiger partial charge in [0.1, 0.15) is 0 Å². The number of amides is 6. The summed E-state index contributed by atoms with van der Waals surface area (Å²) in [5.74, 6) is -1.74. The molecule has 192 valence electrons. The van der Waals surface area contributed by atoms with Gasteiger partial charge in [-0.3, -0.25) is 33.7 Å². The van der Waals surface area contributed by atoms with Gasteiger partial charge in [-0.05, 0) is 25.0 Å². The Morgan fingerprint density at radius 1 is 0.857 bits per heavy atom. The third-order valence-corrected chi connectivity index (χ3v) is 6.03. The van der Waals surface area contributed by atoms with Crippen LogP contribution in [0, 0.1) is 0 Å². The molecule has 1 aliphatic rings. The van der Waals surface area contributed by atoms with Gasteiger partial charge in [0, 0.05) is 19.4 Å². The topological polar surface area (TPSA) is 171 Å². The molecule has 0 spiro atoms. The van der Waals surface area contributed by atoms with E-state index in [9.17, 15) is 33.6 Å². The van der Waals surface area contributed by atoms with E-state index in [1.54, 1.807) is 0 Å². The summed E-state index contributed by atoms with van der Waals surface area (Å²) in [6, 6.07) is 0. The molecule has 2 radical (unpaired) electrons. The van der Waals surface area contributed by atoms with E-state index >= 15 is 0 Å². The van der Waals surface area contributed by atoms with Gasteiger partial charge < -0.3 is 26.1 Å². The Morgan fingerprint density at radius 3 is 1.97 bits per heavy atom. The van der Waals surface area contributed by atoms with Crippen LogP contribution in [-0.4, -0.2) is 96.9 Å². The lowest BCUT2D eigenvalue weighted by Crippen LogP contribution is -2.44. The van der Waals surface area contributed by atoms with Crippen LogP contribution in [0.2, 0.25) is 0 Å². The number of hydrogen-bond acceptors (Lipinski definition) is 9. The average Bonchev–Trinajstić information content (AvgIpc) is 3.05. The fourth-order valence-corrected chi connectivity index (χ4v) is 3.92. The highest BCUT2D eigenvalue weighted by molar-refractivity contribution is 7.99. The number of carbonyl (C=O) groups is 7. The zero-order valence-corrected chi connectivity index (χ0v) is 21.0. The Hall–Kier alpha value is -2.55. The Labute approximate surface area is 214 Å². The van der Waals surface area contributed by atoms with E-state index in [1.807, 2.05) is 0 Å². The largest absolute Gasteiger partial charge is 0.347 e. The first-order chi connectivity index (χ1) is 16.6. The molecule has 12 nitrogen and oxygen atoms in total. The van der Waals surface area contributed by atoms with Crippen molar-refractivity contribution in [1.29, 1.82) is 0 Å². The van der Waals surface area contributed by atoms with Crippen molar-refractivity contribution in [2.24, 2.45) is 0 Å². The maximum atomic E-state index is 11.8. The van der Waals surface area contributed by atoms with Crippen LogP contribution in [0.4, 0.5) is 0 Å². The first kappa shape index (κ1) is 30.5. The molecule has 0 aliphatic carbocycles. The number of nitrogens with one attached hydrogen (secondary N) is 4. The first-order valence-electron chi connectivity index (χ1n) is 11.0. The van der Waals surface area contributed by atoms with Gasteiger partial charge >= 0.3 is 0 Å². The summed E-state index contributed by atoms with van der Waals surface area (Å²) in [5, 5.41) is 8.94. The number of thioether (sulfide) groups is 1. The molecule has 0 aromatic carbocycles. The zero-order chi connectivity index (χ0) is 26.2. The molecular formula is C20H30BN5O7S2. The minimum absolute atomic E-state index is 0.00450. The number of hydrogen-bond donors (Lipinski definition) is 5. The molecule has 0 bridgehead atoms. The van der Waals surface area contributed by atoms with E-state index in [4.69, 9.17) is 7.85 Å². The molecule has 1 unspecified atom stereocenters. The van der Waals surface area contributed by atoms with E-state index in [1.165, 1.54) is 11.8 Å². The summed E-state index contributed by atoms with van der Waals surface area (Å²) in [4.78, 5) is 82.0. The van der Waals surface area contributed by atoms with Gasteiger partial charge in [-0.1, -0.05) is 6.42 Å². The Kier molecular flexibility index (Phi) is 14.8. The van der Waals surface area contributed by atoms with Gasteiger partial charge in [-0.15, -0.1) is 11.8 Å². The van der Waals surface area contributed by atoms with Crippen molar-refractivity contribution in [3.63, 3.8) is 0 Å². The summed E-state index contributed by atoms with van der Waals surface area (Å²) < 4.78 is 0. The second kappa shape index (κ2) is 17.0. The predicted molar refractivity (Wildman–Crippen MR) is 132 cm³/mol. The second-order valence-electron chi connectivity index (χ2n) is 7.61. The Bertz CT molecular complexity index is 815. The smallest absolute Gasteiger partial charge is 0.242 e. The van der Waals surface area contributed by atoms with Crippen LogP contribution in [0.1, 0.15) is 38.5 Å². The van der Waals surface area contributed by atoms with E-state index in [-0.39, 0.29) is 50.6 Å². The Morgan fingerprint density at radius 2 is 1.43 bits per heavy atom. The normalized spacial score (nSPS) is 15.0. The van der Waals surface area contributed by atoms with Gasteiger partial charge in [0.2, 0.25) is 35.4 Å². The van der Waals surface area contributed by atoms with Gasteiger partial charge in [-0.25, -0.2) is 0 Å². The number of imide groups is 1. The third-order valence-electron chi connectivity index (χ3n) is 4.70. The van der Waals surface area contributed by atoms with Crippen LogP contribution < -0.4 is 21.3 Å². The molecule has 15 heteroatoms. The summed E-state index contributed by atoms with van der Waals surface area (Å²) >= 11 is 5.50. The molecule has 35 heavy (non-hydrogen) atoms. The maximum absolute atomic E-state index is 11.8. The molecule has 1 atom stereocenters. The molecule has 4 N–H and O–H groups in total. The summed E-state index contributed by atoms with van der Waals surface area (Å²) in [6.07, 6.45) is 2.74. The summed E-state index contributed by atoms with van der Waals surface area (Å²) in [5.41, 5.74) is -0.312. The van der Waals surface area contributed by atoms with Crippen LogP contribution in [0.25, 0.3) is 0 Å². The molecule has 0 saturated carbocycles. The third kappa shape index (κ3) is 13.8. The van der Waals surface area contributed by atoms with Crippen molar-refractivity contribution < 1.29 is 33.6 Å². The van der Waals surface area contributed by atoms with E-state index in [2.05, 4.69) is 33.9 Å². The minimum atomic E-state index is -0.691. The van der Waals surface area contributed by atoms with Crippen molar-refractivity contribution >= 4 is 73.4 Å². The fraction of sp³-hybridized carbons (Fsp3) is 0.650. The number of thiol groups is 1. The summed E-state index contributed by atoms with van der Waals surface area (Å²) in [7, 11) is 5.06. The van der Waals surface area contributed by atoms with Crippen LogP contribution in [-0.2, 0) is 33.6 Å². The van der Waals surface area contributed by atoms with Gasteiger partial charge in [0.15, 0.2) is 7.85 Å². The van der Waals surface area contributed by atoms with E-state index < -0.39 is 34.8 Å². The molecular weight excluding hydrogens is 497 g/mol. The molecule has 1 saturated heterocycles. The van der Waals surface area contributed by atoms with E-state index in [0.29, 0.717) is 12.3 Å². The number of likely N-dealkylation sites (tertiary alicyclic amines) is 1. The van der Waals surface area contributed by atoms with Gasteiger partial charge in [-0.2, -0.15) is 12.6 Å². The maximum Gasteiger partial charge on any atom is 0.242 e. The standard InChI is InChI=1S/C20H30BN5O7S2/c21-14(27)4-2-1-3-7-35-12-25-18(31)11-24-17(30)10-23-16(29)9-22-15(28)5-6-26-19(32)8-13(34)20(26)33/h13,34H,1-12H2,(H,22,28)(H,23,29)(H,24,30)(H,25,31). The van der Waals surface area contributed by atoms with Crippen molar-refractivity contribution in [3.8, 4) is 0 Å². The van der Waals surface area contributed by atoms with Crippen LogP contribution in [0.15, 0.2) is 0 Å². The van der Waals surface area contributed by atoms with Crippen LogP contribution in [0.5, 0.6) is 0 Å². The van der Waals surface area contributed by atoms with Crippen molar-refractivity contribution in [3.05, 3.63) is 0 Å². The molecule has 1 rings (SSSR count).